The van der Waals surface area contributed by atoms with Crippen LogP contribution in [0.1, 0.15) is 51.4 Å². The Labute approximate surface area is 106 Å². The maximum atomic E-state index is 3.48. The van der Waals surface area contributed by atoms with Crippen molar-refractivity contribution in [1.82, 2.24) is 10.2 Å². The number of nitrogens with zero attached hydrogens (tertiary/aromatic N) is 1. The number of likely N-dealkylation sites (tertiary alicyclic amines) is 1. The van der Waals surface area contributed by atoms with Gasteiger partial charge >= 0.3 is 0 Å². The highest BCUT2D eigenvalue weighted by Crippen LogP contribution is 2.37. The van der Waals surface area contributed by atoms with Gasteiger partial charge in [-0.3, -0.25) is 0 Å². The van der Waals surface area contributed by atoms with Crippen molar-refractivity contribution in [2.75, 3.05) is 26.2 Å². The molecule has 0 spiro atoms. The Kier molecular flexibility index (Phi) is 4.02. The molecule has 2 heteroatoms. The van der Waals surface area contributed by atoms with Gasteiger partial charge in [-0.15, -0.1) is 0 Å². The predicted molar refractivity (Wildman–Crippen MR) is 72.1 cm³/mol. The molecule has 0 aromatic heterocycles. The number of nitrogens with one attached hydrogen (secondary N) is 1. The van der Waals surface area contributed by atoms with Gasteiger partial charge in [0.2, 0.25) is 0 Å². The summed E-state index contributed by atoms with van der Waals surface area (Å²) in [6, 6.07) is 0.977. The summed E-state index contributed by atoms with van der Waals surface area (Å²) < 4.78 is 0. The molecule has 1 saturated carbocycles. The van der Waals surface area contributed by atoms with E-state index in [1.807, 2.05) is 0 Å². The van der Waals surface area contributed by atoms with Crippen molar-refractivity contribution in [2.24, 2.45) is 11.8 Å². The van der Waals surface area contributed by atoms with Crippen LogP contribution < -0.4 is 5.32 Å². The molecule has 3 rings (SSSR count). The van der Waals surface area contributed by atoms with Crippen LogP contribution >= 0.6 is 0 Å². The van der Waals surface area contributed by atoms with Gasteiger partial charge in [0, 0.05) is 6.04 Å². The quantitative estimate of drug-likeness (QED) is 0.810. The summed E-state index contributed by atoms with van der Waals surface area (Å²) in [7, 11) is 0. The van der Waals surface area contributed by atoms with Crippen LogP contribution in [0.3, 0.4) is 0 Å². The highest BCUT2D eigenvalue weighted by atomic mass is 15.2. The van der Waals surface area contributed by atoms with E-state index in [1.165, 1.54) is 77.5 Å². The third-order valence-electron chi connectivity index (χ3n) is 5.39. The van der Waals surface area contributed by atoms with E-state index in [9.17, 15) is 0 Å². The molecule has 1 aliphatic carbocycles. The lowest BCUT2D eigenvalue weighted by Gasteiger charge is -2.38. The molecule has 0 aromatic carbocycles. The first kappa shape index (κ1) is 12.0. The van der Waals surface area contributed by atoms with Crippen LogP contribution in [0.2, 0.25) is 0 Å². The lowest BCUT2D eigenvalue weighted by molar-refractivity contribution is 0.103. The van der Waals surface area contributed by atoms with Gasteiger partial charge in [0.1, 0.15) is 0 Å². The summed E-state index contributed by atoms with van der Waals surface area (Å²) in [5, 5.41) is 3.48. The second kappa shape index (κ2) is 5.71. The Balaban J connectivity index is 1.47. The summed E-state index contributed by atoms with van der Waals surface area (Å²) in [5.74, 6) is 2.08. The van der Waals surface area contributed by atoms with Gasteiger partial charge in [-0.05, 0) is 83.0 Å². The average molecular weight is 236 g/mol. The summed E-state index contributed by atoms with van der Waals surface area (Å²) in [6.45, 7) is 5.31. The number of rotatable bonds is 3. The van der Waals surface area contributed by atoms with E-state index in [4.69, 9.17) is 0 Å². The highest BCUT2D eigenvalue weighted by Gasteiger charge is 2.34. The van der Waals surface area contributed by atoms with Crippen LogP contribution in [0.25, 0.3) is 0 Å². The molecule has 2 saturated heterocycles. The molecule has 2 nitrogen and oxygen atoms in total. The smallest absolute Gasteiger partial charge is 0.0123 e. The molecule has 1 N–H and O–H groups in total. The van der Waals surface area contributed by atoms with Gasteiger partial charge in [0.15, 0.2) is 0 Å². The first-order valence-corrected chi connectivity index (χ1v) is 7.88. The Bertz CT molecular complexity index is 235. The van der Waals surface area contributed by atoms with Gasteiger partial charge in [-0.25, -0.2) is 0 Å². The lowest BCUT2D eigenvalue weighted by Crippen LogP contribution is -2.43. The van der Waals surface area contributed by atoms with Crippen molar-refractivity contribution in [1.29, 1.82) is 0 Å². The molecular weight excluding hydrogens is 208 g/mol. The number of hydrogen-bond acceptors (Lipinski definition) is 2. The lowest BCUT2D eigenvalue weighted by atomic mass is 9.90. The van der Waals surface area contributed by atoms with E-state index < -0.39 is 0 Å². The summed E-state index contributed by atoms with van der Waals surface area (Å²) in [6.07, 6.45) is 11.8. The minimum Gasteiger partial charge on any atom is -0.317 e. The molecule has 3 fully saturated rings. The van der Waals surface area contributed by atoms with Crippen molar-refractivity contribution in [3.05, 3.63) is 0 Å². The van der Waals surface area contributed by atoms with E-state index in [-0.39, 0.29) is 0 Å². The maximum Gasteiger partial charge on any atom is 0.0123 e. The van der Waals surface area contributed by atoms with E-state index >= 15 is 0 Å². The maximum absolute atomic E-state index is 3.48. The third-order valence-corrected chi connectivity index (χ3v) is 5.39. The van der Waals surface area contributed by atoms with Gasteiger partial charge in [-0.1, -0.05) is 6.42 Å². The molecule has 2 atom stereocenters. The molecule has 0 bridgehead atoms. The van der Waals surface area contributed by atoms with Crippen LogP contribution in [-0.4, -0.2) is 37.1 Å². The number of fused-ring (bicyclic) bond motifs is 1. The number of piperidine rings is 2. The molecular formula is C15H28N2. The molecule has 2 unspecified atom stereocenters. The third kappa shape index (κ3) is 2.85. The molecule has 0 radical (unpaired) electrons. The normalized spacial score (nSPS) is 36.0. The average Bonchev–Trinajstić information content (AvgIpc) is 2.86. The Hall–Kier alpha value is -0.0800. The monoisotopic (exact) mass is 236 g/mol. The minimum atomic E-state index is 0.977. The van der Waals surface area contributed by atoms with Crippen molar-refractivity contribution in [3.63, 3.8) is 0 Å². The van der Waals surface area contributed by atoms with Crippen molar-refractivity contribution >= 4 is 0 Å². The van der Waals surface area contributed by atoms with Gasteiger partial charge < -0.3 is 10.2 Å². The van der Waals surface area contributed by atoms with Crippen LogP contribution in [0.4, 0.5) is 0 Å². The van der Waals surface area contributed by atoms with Gasteiger partial charge in [-0.2, -0.15) is 0 Å². The summed E-state index contributed by atoms with van der Waals surface area (Å²) in [4.78, 5) is 2.85. The predicted octanol–water partition coefficient (Wildman–Crippen LogP) is 2.64. The zero-order chi connectivity index (χ0) is 11.5. The van der Waals surface area contributed by atoms with E-state index in [2.05, 4.69) is 10.2 Å². The van der Waals surface area contributed by atoms with Crippen molar-refractivity contribution in [2.45, 2.75) is 57.4 Å². The molecule has 0 aromatic rings. The Morgan fingerprint density at radius 2 is 1.76 bits per heavy atom. The Morgan fingerprint density at radius 1 is 0.941 bits per heavy atom. The first-order chi connectivity index (χ1) is 8.43. The molecule has 0 amide bonds. The van der Waals surface area contributed by atoms with Crippen LogP contribution in [0.15, 0.2) is 0 Å². The second-order valence-corrected chi connectivity index (χ2v) is 6.42. The zero-order valence-corrected chi connectivity index (χ0v) is 11.2. The van der Waals surface area contributed by atoms with Crippen LogP contribution in [0, 0.1) is 11.8 Å². The fourth-order valence-corrected chi connectivity index (χ4v) is 4.35. The molecule has 2 aliphatic heterocycles. The van der Waals surface area contributed by atoms with Crippen molar-refractivity contribution in [3.8, 4) is 0 Å². The summed E-state index contributed by atoms with van der Waals surface area (Å²) >= 11 is 0. The molecule has 98 valence electrons. The fraction of sp³-hybridized carbons (Fsp3) is 1.00. The van der Waals surface area contributed by atoms with Crippen LogP contribution in [0.5, 0.6) is 0 Å². The molecule has 2 heterocycles. The molecule has 17 heavy (non-hydrogen) atoms. The van der Waals surface area contributed by atoms with E-state index in [0.717, 1.165) is 17.9 Å². The fourth-order valence-electron chi connectivity index (χ4n) is 4.35. The van der Waals surface area contributed by atoms with Crippen LogP contribution in [-0.2, 0) is 0 Å². The van der Waals surface area contributed by atoms with Gasteiger partial charge in [0.05, 0.1) is 0 Å². The first-order valence-electron chi connectivity index (χ1n) is 7.88. The van der Waals surface area contributed by atoms with Crippen molar-refractivity contribution < 1.29 is 0 Å². The molecule has 3 aliphatic rings. The SMILES string of the molecule is C1CC2CCCN(CCC3CCNCC3)C2C1. The van der Waals surface area contributed by atoms with E-state index in [1.54, 1.807) is 0 Å². The Morgan fingerprint density at radius 3 is 2.65 bits per heavy atom. The highest BCUT2D eigenvalue weighted by molar-refractivity contribution is 4.89. The largest absolute Gasteiger partial charge is 0.317 e. The standard InChI is InChI=1S/C15H28N2/c1-3-14-4-2-11-17(15(14)5-1)12-8-13-6-9-16-10-7-13/h13-16H,1-12H2. The van der Waals surface area contributed by atoms with Gasteiger partial charge in [0.25, 0.3) is 0 Å². The van der Waals surface area contributed by atoms with E-state index in [0.29, 0.717) is 0 Å². The number of hydrogen-bond donors (Lipinski definition) is 1. The second-order valence-electron chi connectivity index (χ2n) is 6.42. The minimum absolute atomic E-state index is 0.977. The topological polar surface area (TPSA) is 15.3 Å². The summed E-state index contributed by atoms with van der Waals surface area (Å²) in [5.41, 5.74) is 0. The zero-order valence-electron chi connectivity index (χ0n) is 11.2.